The van der Waals surface area contributed by atoms with E-state index >= 15 is 0 Å². The van der Waals surface area contributed by atoms with E-state index in [9.17, 15) is 4.79 Å². The van der Waals surface area contributed by atoms with E-state index in [1.807, 2.05) is 29.6 Å². The van der Waals surface area contributed by atoms with Crippen molar-refractivity contribution in [1.82, 2.24) is 0 Å². The Morgan fingerprint density at radius 3 is 2.47 bits per heavy atom. The van der Waals surface area contributed by atoms with Crippen molar-refractivity contribution in [1.29, 1.82) is 0 Å². The van der Waals surface area contributed by atoms with Crippen LogP contribution in [0.2, 0.25) is 0 Å². The molecular formula is C15H16OS. The van der Waals surface area contributed by atoms with Gasteiger partial charge in [0, 0.05) is 5.56 Å². The molecule has 0 unspecified atom stereocenters. The maximum atomic E-state index is 12.2. The molecule has 1 aromatic heterocycles. The van der Waals surface area contributed by atoms with Gasteiger partial charge < -0.3 is 0 Å². The standard InChI is InChI=1S/C15H16OS/c1-3-11-7-8-13(10-12(11)4-2)15(16)14-6-5-9-17-14/h5-10H,3-4H2,1-2H3. The van der Waals surface area contributed by atoms with Gasteiger partial charge >= 0.3 is 0 Å². The second kappa shape index (κ2) is 5.28. The van der Waals surface area contributed by atoms with Gasteiger partial charge in [-0.2, -0.15) is 0 Å². The van der Waals surface area contributed by atoms with E-state index < -0.39 is 0 Å². The highest BCUT2D eigenvalue weighted by atomic mass is 32.1. The molecule has 0 aliphatic heterocycles. The fourth-order valence-corrected chi connectivity index (χ4v) is 2.68. The Bertz CT molecular complexity index is 512. The predicted octanol–water partition coefficient (Wildman–Crippen LogP) is 4.10. The van der Waals surface area contributed by atoms with Crippen LogP contribution in [-0.4, -0.2) is 5.78 Å². The van der Waals surface area contributed by atoms with Gasteiger partial charge in [-0.05, 0) is 41.5 Å². The van der Waals surface area contributed by atoms with Crippen molar-refractivity contribution in [3.8, 4) is 0 Å². The van der Waals surface area contributed by atoms with Crippen LogP contribution in [0.4, 0.5) is 0 Å². The summed E-state index contributed by atoms with van der Waals surface area (Å²) in [6.07, 6.45) is 2.01. The zero-order valence-electron chi connectivity index (χ0n) is 10.2. The number of thiophene rings is 1. The highest BCUT2D eigenvalue weighted by Gasteiger charge is 2.11. The van der Waals surface area contributed by atoms with Crippen molar-refractivity contribution in [2.45, 2.75) is 26.7 Å². The van der Waals surface area contributed by atoms with Crippen molar-refractivity contribution in [2.24, 2.45) is 0 Å². The molecule has 0 saturated heterocycles. The molecule has 0 amide bonds. The monoisotopic (exact) mass is 244 g/mol. The summed E-state index contributed by atoms with van der Waals surface area (Å²) in [7, 11) is 0. The van der Waals surface area contributed by atoms with Gasteiger partial charge in [-0.25, -0.2) is 0 Å². The quantitative estimate of drug-likeness (QED) is 0.740. The minimum Gasteiger partial charge on any atom is -0.288 e. The molecule has 17 heavy (non-hydrogen) atoms. The number of carbonyl (C=O) groups excluding carboxylic acids is 1. The van der Waals surface area contributed by atoms with Gasteiger partial charge in [0.1, 0.15) is 0 Å². The number of carbonyl (C=O) groups is 1. The molecule has 0 saturated carbocycles. The van der Waals surface area contributed by atoms with Crippen LogP contribution in [0, 0.1) is 0 Å². The Balaban J connectivity index is 2.37. The van der Waals surface area contributed by atoms with E-state index in [4.69, 9.17) is 0 Å². The summed E-state index contributed by atoms with van der Waals surface area (Å²) in [5.74, 6) is 0.136. The molecule has 88 valence electrons. The number of benzene rings is 1. The van der Waals surface area contributed by atoms with Gasteiger partial charge in [-0.3, -0.25) is 4.79 Å². The van der Waals surface area contributed by atoms with Gasteiger partial charge in [-0.15, -0.1) is 11.3 Å². The molecule has 0 N–H and O–H groups in total. The summed E-state index contributed by atoms with van der Waals surface area (Å²) in [6.45, 7) is 4.28. The normalized spacial score (nSPS) is 10.5. The van der Waals surface area contributed by atoms with Crippen LogP contribution in [0.15, 0.2) is 35.7 Å². The van der Waals surface area contributed by atoms with Gasteiger partial charge in [0.25, 0.3) is 0 Å². The minimum atomic E-state index is 0.136. The largest absolute Gasteiger partial charge is 0.288 e. The molecular weight excluding hydrogens is 228 g/mol. The molecule has 2 aromatic rings. The van der Waals surface area contributed by atoms with E-state index in [0.29, 0.717) is 0 Å². The van der Waals surface area contributed by atoms with Crippen molar-refractivity contribution >= 4 is 17.1 Å². The SMILES string of the molecule is CCc1ccc(C(=O)c2cccs2)cc1CC. The van der Waals surface area contributed by atoms with Crippen molar-refractivity contribution in [3.63, 3.8) is 0 Å². The van der Waals surface area contributed by atoms with Crippen LogP contribution in [0.25, 0.3) is 0 Å². The second-order valence-electron chi connectivity index (χ2n) is 4.00. The Morgan fingerprint density at radius 2 is 1.88 bits per heavy atom. The van der Waals surface area contributed by atoms with Gasteiger partial charge in [0.2, 0.25) is 5.78 Å². The van der Waals surface area contributed by atoms with E-state index in [1.54, 1.807) is 0 Å². The second-order valence-corrected chi connectivity index (χ2v) is 4.94. The maximum Gasteiger partial charge on any atom is 0.202 e. The number of aryl methyl sites for hydroxylation is 2. The summed E-state index contributed by atoms with van der Waals surface area (Å²) in [6, 6.07) is 9.87. The van der Waals surface area contributed by atoms with Gasteiger partial charge in [0.05, 0.1) is 4.88 Å². The van der Waals surface area contributed by atoms with Crippen molar-refractivity contribution < 1.29 is 4.79 Å². The fraction of sp³-hybridized carbons (Fsp3) is 0.267. The van der Waals surface area contributed by atoms with E-state index in [2.05, 4.69) is 19.9 Å². The van der Waals surface area contributed by atoms with Crippen molar-refractivity contribution in [3.05, 3.63) is 57.3 Å². The smallest absolute Gasteiger partial charge is 0.202 e. The average Bonchev–Trinajstić information content (AvgIpc) is 2.90. The zero-order valence-corrected chi connectivity index (χ0v) is 11.0. The topological polar surface area (TPSA) is 17.1 Å². The maximum absolute atomic E-state index is 12.2. The predicted molar refractivity (Wildman–Crippen MR) is 72.9 cm³/mol. The first-order valence-electron chi connectivity index (χ1n) is 5.96. The van der Waals surface area contributed by atoms with E-state index in [1.165, 1.54) is 22.5 Å². The summed E-state index contributed by atoms with van der Waals surface area (Å²) < 4.78 is 0. The van der Waals surface area contributed by atoms with Crippen LogP contribution < -0.4 is 0 Å². The number of ketones is 1. The Kier molecular flexibility index (Phi) is 3.75. The van der Waals surface area contributed by atoms with Crippen LogP contribution in [0.3, 0.4) is 0 Å². The first-order valence-corrected chi connectivity index (χ1v) is 6.84. The molecule has 1 heterocycles. The van der Waals surface area contributed by atoms with Crippen molar-refractivity contribution in [2.75, 3.05) is 0 Å². The van der Waals surface area contributed by atoms with Crippen LogP contribution in [-0.2, 0) is 12.8 Å². The number of rotatable bonds is 4. The third-order valence-electron chi connectivity index (χ3n) is 2.98. The molecule has 0 spiro atoms. The lowest BCUT2D eigenvalue weighted by molar-refractivity contribution is 0.104. The Labute approximate surface area is 106 Å². The molecule has 0 atom stereocenters. The molecule has 2 rings (SSSR count). The lowest BCUT2D eigenvalue weighted by Gasteiger charge is -2.07. The summed E-state index contributed by atoms with van der Waals surface area (Å²) in [4.78, 5) is 13.0. The van der Waals surface area contributed by atoms with E-state index in [-0.39, 0.29) is 5.78 Å². The lowest BCUT2D eigenvalue weighted by atomic mass is 9.98. The molecule has 2 heteroatoms. The lowest BCUT2D eigenvalue weighted by Crippen LogP contribution is -2.01. The average molecular weight is 244 g/mol. The first kappa shape index (κ1) is 12.1. The Morgan fingerprint density at radius 1 is 1.12 bits per heavy atom. The minimum absolute atomic E-state index is 0.136. The summed E-state index contributed by atoms with van der Waals surface area (Å²) in [5.41, 5.74) is 3.44. The number of hydrogen-bond acceptors (Lipinski definition) is 2. The zero-order chi connectivity index (χ0) is 12.3. The summed E-state index contributed by atoms with van der Waals surface area (Å²) >= 11 is 1.50. The Hall–Kier alpha value is -1.41. The van der Waals surface area contributed by atoms with Gasteiger partial charge in [-0.1, -0.05) is 32.0 Å². The highest BCUT2D eigenvalue weighted by Crippen LogP contribution is 2.19. The van der Waals surface area contributed by atoms with Gasteiger partial charge in [0.15, 0.2) is 0 Å². The molecule has 0 fully saturated rings. The van der Waals surface area contributed by atoms with Crippen LogP contribution in [0.5, 0.6) is 0 Å². The molecule has 1 nitrogen and oxygen atoms in total. The third-order valence-corrected chi connectivity index (χ3v) is 3.84. The first-order chi connectivity index (χ1) is 8.26. The fourth-order valence-electron chi connectivity index (χ4n) is 1.99. The molecule has 0 aliphatic carbocycles. The van der Waals surface area contributed by atoms with Crippen LogP contribution >= 0.6 is 11.3 Å². The van der Waals surface area contributed by atoms with Crippen LogP contribution in [0.1, 0.15) is 40.2 Å². The molecule has 0 aliphatic rings. The molecule has 0 radical (unpaired) electrons. The molecule has 1 aromatic carbocycles. The molecule has 0 bridgehead atoms. The van der Waals surface area contributed by atoms with E-state index in [0.717, 1.165) is 23.3 Å². The number of hydrogen-bond donors (Lipinski definition) is 0. The third kappa shape index (κ3) is 2.47. The summed E-state index contributed by atoms with van der Waals surface area (Å²) in [5, 5.41) is 1.94. The highest BCUT2D eigenvalue weighted by molar-refractivity contribution is 7.12.